The SMILES string of the molecule is CC(N)C(O)c1ncccc1Cl. The molecule has 3 N–H and O–H groups in total. The fourth-order valence-corrected chi connectivity index (χ4v) is 1.10. The van der Waals surface area contributed by atoms with E-state index in [1.807, 2.05) is 0 Å². The predicted octanol–water partition coefficient (Wildman–Crippen LogP) is 1.12. The first-order valence-electron chi connectivity index (χ1n) is 3.67. The molecule has 0 aliphatic carbocycles. The Morgan fingerprint density at radius 2 is 2.33 bits per heavy atom. The van der Waals surface area contributed by atoms with Crippen LogP contribution in [0.15, 0.2) is 18.3 Å². The monoisotopic (exact) mass is 186 g/mol. The third-order valence-electron chi connectivity index (χ3n) is 1.57. The Labute approximate surface area is 76.2 Å². The molecule has 1 aromatic heterocycles. The lowest BCUT2D eigenvalue weighted by Gasteiger charge is -2.14. The number of hydrogen-bond acceptors (Lipinski definition) is 3. The van der Waals surface area contributed by atoms with Crippen LogP contribution in [0.5, 0.6) is 0 Å². The maximum Gasteiger partial charge on any atom is 0.112 e. The predicted molar refractivity (Wildman–Crippen MR) is 47.9 cm³/mol. The molecular weight excluding hydrogens is 176 g/mol. The summed E-state index contributed by atoms with van der Waals surface area (Å²) in [7, 11) is 0. The molecule has 0 fully saturated rings. The van der Waals surface area contributed by atoms with Crippen LogP contribution in [0.3, 0.4) is 0 Å². The van der Waals surface area contributed by atoms with E-state index >= 15 is 0 Å². The molecule has 2 unspecified atom stereocenters. The van der Waals surface area contributed by atoms with E-state index in [1.165, 1.54) is 0 Å². The minimum atomic E-state index is -0.793. The molecule has 1 heterocycles. The Morgan fingerprint density at radius 1 is 1.67 bits per heavy atom. The van der Waals surface area contributed by atoms with Crippen molar-refractivity contribution in [1.82, 2.24) is 4.98 Å². The summed E-state index contributed by atoms with van der Waals surface area (Å²) >= 11 is 5.79. The van der Waals surface area contributed by atoms with Crippen LogP contribution in [0, 0.1) is 0 Å². The van der Waals surface area contributed by atoms with Gasteiger partial charge in [0.1, 0.15) is 6.10 Å². The van der Waals surface area contributed by atoms with Crippen molar-refractivity contribution in [2.75, 3.05) is 0 Å². The molecule has 0 bridgehead atoms. The molecule has 4 heteroatoms. The second-order valence-electron chi connectivity index (χ2n) is 2.67. The van der Waals surface area contributed by atoms with E-state index < -0.39 is 6.10 Å². The number of rotatable bonds is 2. The summed E-state index contributed by atoms with van der Waals surface area (Å²) in [5.74, 6) is 0. The highest BCUT2D eigenvalue weighted by Crippen LogP contribution is 2.21. The molecule has 0 aromatic carbocycles. The highest BCUT2D eigenvalue weighted by molar-refractivity contribution is 6.31. The zero-order valence-electron chi connectivity index (χ0n) is 6.74. The standard InChI is InChI=1S/C8H11ClN2O/c1-5(10)8(12)7-6(9)3-2-4-11-7/h2-5,8,12H,10H2,1H3. The van der Waals surface area contributed by atoms with Crippen LogP contribution < -0.4 is 5.73 Å². The molecule has 0 amide bonds. The van der Waals surface area contributed by atoms with Crippen molar-refractivity contribution in [2.45, 2.75) is 19.1 Å². The first-order chi connectivity index (χ1) is 5.63. The molecule has 0 spiro atoms. The van der Waals surface area contributed by atoms with E-state index in [-0.39, 0.29) is 6.04 Å². The fourth-order valence-electron chi connectivity index (χ4n) is 0.865. The number of nitrogens with zero attached hydrogens (tertiary/aromatic N) is 1. The van der Waals surface area contributed by atoms with Gasteiger partial charge in [-0.05, 0) is 19.1 Å². The van der Waals surface area contributed by atoms with Crippen molar-refractivity contribution >= 4 is 11.6 Å². The minimum Gasteiger partial charge on any atom is -0.385 e. The topological polar surface area (TPSA) is 59.1 Å². The second-order valence-corrected chi connectivity index (χ2v) is 3.08. The summed E-state index contributed by atoms with van der Waals surface area (Å²) < 4.78 is 0. The lowest BCUT2D eigenvalue weighted by Crippen LogP contribution is -2.25. The highest BCUT2D eigenvalue weighted by atomic mass is 35.5. The third-order valence-corrected chi connectivity index (χ3v) is 1.88. The number of aromatic nitrogens is 1. The molecule has 12 heavy (non-hydrogen) atoms. The summed E-state index contributed by atoms with van der Waals surface area (Å²) in [5, 5.41) is 9.95. The first kappa shape index (κ1) is 9.45. The molecule has 3 nitrogen and oxygen atoms in total. The van der Waals surface area contributed by atoms with Crippen molar-refractivity contribution in [2.24, 2.45) is 5.73 Å². The zero-order chi connectivity index (χ0) is 9.14. The molecule has 1 aromatic rings. The molecule has 0 radical (unpaired) electrons. The Balaban J connectivity index is 2.94. The van der Waals surface area contributed by atoms with E-state index in [0.29, 0.717) is 10.7 Å². The first-order valence-corrected chi connectivity index (χ1v) is 4.04. The van der Waals surface area contributed by atoms with Crippen LogP contribution in [0.2, 0.25) is 5.02 Å². The Bertz CT molecular complexity index is 265. The van der Waals surface area contributed by atoms with Crippen molar-refractivity contribution in [3.05, 3.63) is 29.0 Å². The molecule has 0 aliphatic heterocycles. The summed E-state index contributed by atoms with van der Waals surface area (Å²) in [4.78, 5) is 3.94. The van der Waals surface area contributed by atoms with Gasteiger partial charge in [-0.3, -0.25) is 4.98 Å². The maximum absolute atomic E-state index is 9.51. The van der Waals surface area contributed by atoms with Gasteiger partial charge in [0.15, 0.2) is 0 Å². The molecule has 2 atom stereocenters. The summed E-state index contributed by atoms with van der Waals surface area (Å²) in [6.45, 7) is 1.70. The normalized spacial score (nSPS) is 15.7. The maximum atomic E-state index is 9.51. The fraction of sp³-hybridized carbons (Fsp3) is 0.375. The van der Waals surface area contributed by atoms with Gasteiger partial charge in [-0.1, -0.05) is 11.6 Å². The molecule has 1 rings (SSSR count). The van der Waals surface area contributed by atoms with Gasteiger partial charge < -0.3 is 10.8 Å². The highest BCUT2D eigenvalue weighted by Gasteiger charge is 2.16. The van der Waals surface area contributed by atoms with Crippen molar-refractivity contribution in [1.29, 1.82) is 0 Å². The number of halogens is 1. The van der Waals surface area contributed by atoms with Gasteiger partial charge >= 0.3 is 0 Å². The molecule has 0 saturated carbocycles. The Morgan fingerprint density at radius 3 is 2.83 bits per heavy atom. The minimum absolute atomic E-state index is 0.364. The number of pyridine rings is 1. The van der Waals surface area contributed by atoms with Gasteiger partial charge in [0.25, 0.3) is 0 Å². The van der Waals surface area contributed by atoms with Crippen LogP contribution in [-0.2, 0) is 0 Å². The lowest BCUT2D eigenvalue weighted by atomic mass is 10.1. The van der Waals surface area contributed by atoms with E-state index in [2.05, 4.69) is 4.98 Å². The van der Waals surface area contributed by atoms with Gasteiger partial charge in [-0.2, -0.15) is 0 Å². The van der Waals surface area contributed by atoms with Crippen molar-refractivity contribution in [3.63, 3.8) is 0 Å². The van der Waals surface area contributed by atoms with Gasteiger partial charge in [-0.25, -0.2) is 0 Å². The number of aliphatic hydroxyl groups is 1. The molecule has 0 saturated heterocycles. The number of nitrogens with two attached hydrogens (primary N) is 1. The van der Waals surface area contributed by atoms with E-state index in [4.69, 9.17) is 17.3 Å². The van der Waals surface area contributed by atoms with Crippen LogP contribution in [0.4, 0.5) is 0 Å². The van der Waals surface area contributed by atoms with Gasteiger partial charge in [0.2, 0.25) is 0 Å². The van der Waals surface area contributed by atoms with Gasteiger partial charge in [0.05, 0.1) is 10.7 Å². The Hall–Kier alpha value is -0.640. The van der Waals surface area contributed by atoms with Crippen molar-refractivity contribution in [3.8, 4) is 0 Å². The average Bonchev–Trinajstić information content (AvgIpc) is 2.04. The van der Waals surface area contributed by atoms with Crippen LogP contribution in [-0.4, -0.2) is 16.1 Å². The average molecular weight is 187 g/mol. The van der Waals surface area contributed by atoms with Crippen molar-refractivity contribution < 1.29 is 5.11 Å². The molecule has 0 aliphatic rings. The quantitative estimate of drug-likeness (QED) is 0.728. The third kappa shape index (κ3) is 1.94. The largest absolute Gasteiger partial charge is 0.385 e. The Kier molecular flexibility index (Phi) is 3.03. The lowest BCUT2D eigenvalue weighted by molar-refractivity contribution is 0.149. The van der Waals surface area contributed by atoms with Crippen LogP contribution in [0.25, 0.3) is 0 Å². The summed E-state index contributed by atoms with van der Waals surface area (Å²) in [6.07, 6.45) is 0.783. The summed E-state index contributed by atoms with van der Waals surface area (Å²) in [6, 6.07) is 3.02. The second kappa shape index (κ2) is 3.85. The van der Waals surface area contributed by atoms with E-state index in [9.17, 15) is 5.11 Å². The molecular formula is C8H11ClN2O. The van der Waals surface area contributed by atoms with Crippen LogP contribution >= 0.6 is 11.6 Å². The van der Waals surface area contributed by atoms with Crippen LogP contribution in [0.1, 0.15) is 18.7 Å². The zero-order valence-corrected chi connectivity index (χ0v) is 7.49. The number of aliphatic hydroxyl groups excluding tert-OH is 1. The van der Waals surface area contributed by atoms with Gasteiger partial charge in [0, 0.05) is 12.2 Å². The summed E-state index contributed by atoms with van der Waals surface area (Å²) in [5.41, 5.74) is 5.93. The smallest absolute Gasteiger partial charge is 0.112 e. The van der Waals surface area contributed by atoms with E-state index in [0.717, 1.165) is 0 Å². The van der Waals surface area contributed by atoms with Gasteiger partial charge in [-0.15, -0.1) is 0 Å². The molecule has 66 valence electrons. The van der Waals surface area contributed by atoms with E-state index in [1.54, 1.807) is 25.3 Å². The number of hydrogen-bond donors (Lipinski definition) is 2.